The maximum absolute atomic E-state index is 4.50. The van der Waals surface area contributed by atoms with Gasteiger partial charge in [-0.2, -0.15) is 0 Å². The number of nitrogens with zero attached hydrogens (tertiary/aromatic N) is 2. The van der Waals surface area contributed by atoms with E-state index in [4.69, 9.17) is 0 Å². The highest BCUT2D eigenvalue weighted by Crippen LogP contribution is 2.41. The molecule has 10 aromatic carbocycles. The van der Waals surface area contributed by atoms with Crippen molar-refractivity contribution in [1.82, 2.24) is 0 Å². The smallest absolute Gasteiger partial charge is 0.0493 e. The average Bonchev–Trinajstić information content (AvgIpc) is 3.44. The van der Waals surface area contributed by atoms with Crippen molar-refractivity contribution in [2.24, 2.45) is 0 Å². The first kappa shape index (κ1) is 37.8. The third-order valence-corrected chi connectivity index (χ3v) is 12.4. The van der Waals surface area contributed by atoms with Gasteiger partial charge in [-0.15, -0.1) is 0 Å². The van der Waals surface area contributed by atoms with Crippen LogP contribution in [0.1, 0.15) is 5.56 Å². The molecule has 63 heavy (non-hydrogen) atoms. The van der Waals surface area contributed by atoms with Crippen molar-refractivity contribution in [3.05, 3.63) is 255 Å². The normalized spacial score (nSPS) is 13.6. The second-order valence-corrected chi connectivity index (χ2v) is 16.2. The molecule has 10 aromatic rings. The van der Waals surface area contributed by atoms with E-state index in [0.717, 1.165) is 57.2 Å². The molecule has 0 aromatic heterocycles. The molecule has 1 aliphatic rings. The van der Waals surface area contributed by atoms with Crippen LogP contribution < -0.4 is 9.80 Å². The fourth-order valence-corrected chi connectivity index (χ4v) is 9.24. The first-order valence-corrected chi connectivity index (χ1v) is 21.7. The molecule has 0 aliphatic carbocycles. The van der Waals surface area contributed by atoms with Crippen molar-refractivity contribution in [2.75, 3.05) is 16.3 Å². The predicted octanol–water partition coefficient (Wildman–Crippen LogP) is 16.9. The minimum absolute atomic E-state index is 0.767. The number of fused-ring (bicyclic) bond motifs is 7. The van der Waals surface area contributed by atoms with Crippen LogP contribution in [0.15, 0.2) is 249 Å². The summed E-state index contributed by atoms with van der Waals surface area (Å²) in [5, 5.41) is 7.71. The molecule has 2 nitrogen and oxygen atoms in total. The molecule has 298 valence electrons. The number of anilines is 5. The summed E-state index contributed by atoms with van der Waals surface area (Å²) >= 11 is 0. The third kappa shape index (κ3) is 7.18. The van der Waals surface area contributed by atoms with Gasteiger partial charge in [0, 0.05) is 40.5 Å². The number of benzene rings is 10. The summed E-state index contributed by atoms with van der Waals surface area (Å²) in [5.74, 6) is 0. The Morgan fingerprint density at radius 2 is 0.794 bits per heavy atom. The van der Waals surface area contributed by atoms with Crippen LogP contribution in [0, 0.1) is 0 Å². The molecule has 0 radical (unpaired) electrons. The van der Waals surface area contributed by atoms with E-state index >= 15 is 0 Å². The van der Waals surface area contributed by atoms with E-state index in [2.05, 4.69) is 259 Å². The maximum atomic E-state index is 4.50. The Labute approximate surface area is 369 Å². The molecule has 1 aliphatic heterocycles. The molecular weight excluding hydrogens is 761 g/mol. The molecule has 0 saturated heterocycles. The summed E-state index contributed by atoms with van der Waals surface area (Å²) in [5.41, 5.74) is 14.7. The first-order valence-electron chi connectivity index (χ1n) is 21.7. The van der Waals surface area contributed by atoms with Crippen LogP contribution >= 0.6 is 0 Å². The van der Waals surface area contributed by atoms with E-state index < -0.39 is 0 Å². The number of para-hydroxylation sites is 1. The van der Waals surface area contributed by atoms with Gasteiger partial charge in [0.05, 0.1) is 0 Å². The van der Waals surface area contributed by atoms with Crippen LogP contribution in [0.25, 0.3) is 71.3 Å². The minimum Gasteiger partial charge on any atom is -0.337 e. The van der Waals surface area contributed by atoms with E-state index in [1.165, 1.54) is 54.6 Å². The van der Waals surface area contributed by atoms with Gasteiger partial charge in [0.15, 0.2) is 0 Å². The van der Waals surface area contributed by atoms with E-state index in [1.54, 1.807) is 0 Å². The highest BCUT2D eigenvalue weighted by molar-refractivity contribution is 6.25. The number of allylic oxidation sites excluding steroid dienone is 4. The monoisotopic (exact) mass is 804 g/mol. The lowest BCUT2D eigenvalue weighted by Gasteiger charge is -2.27. The molecule has 0 bridgehead atoms. The Morgan fingerprint density at radius 1 is 0.365 bits per heavy atom. The zero-order valence-corrected chi connectivity index (χ0v) is 34.9. The molecule has 11 rings (SSSR count). The van der Waals surface area contributed by atoms with Gasteiger partial charge < -0.3 is 9.80 Å². The van der Waals surface area contributed by atoms with Crippen molar-refractivity contribution < 1.29 is 0 Å². The summed E-state index contributed by atoms with van der Waals surface area (Å²) in [7, 11) is 0. The van der Waals surface area contributed by atoms with E-state index in [1.807, 2.05) is 0 Å². The standard InChI is InChI=1S/C61H44N2/c1-43-15-5-4-14-40-62(50-18-8-3-9-19-50)61-39-31-49(41-59(43)61)47-28-36-53(37-29-47)63(51-32-24-45(25-33-51)44-16-6-2-7-17-44)52-34-26-46(27-35-52)48-30-38-58-56-22-11-10-20-54(56)55-21-12-13-23-57(55)60(58)42-48/h2-39,41-42H,1,40H2/b14-4-,15-5-. The Morgan fingerprint density at radius 3 is 1.37 bits per heavy atom. The third-order valence-electron chi connectivity index (χ3n) is 12.4. The highest BCUT2D eigenvalue weighted by atomic mass is 15.1. The van der Waals surface area contributed by atoms with E-state index in [-0.39, 0.29) is 0 Å². The SMILES string of the molecule is C=C1/C=C\C=C/CN(c2ccccc2)c2ccc(-c3ccc(N(c4ccc(-c5ccccc5)cc4)c4ccc(-c5ccc6c7ccccc7c7ccccc7c6c5)cc4)cc3)cc21. The van der Waals surface area contributed by atoms with Crippen molar-refractivity contribution in [3.63, 3.8) is 0 Å². The fraction of sp³-hybridized carbons (Fsp3) is 0.0164. The molecule has 0 N–H and O–H groups in total. The van der Waals surface area contributed by atoms with Gasteiger partial charge >= 0.3 is 0 Å². The summed E-state index contributed by atoms with van der Waals surface area (Å²) in [4.78, 5) is 4.70. The molecule has 0 unspecified atom stereocenters. The molecule has 0 amide bonds. The lowest BCUT2D eigenvalue weighted by molar-refractivity contribution is 1.09. The second kappa shape index (κ2) is 16.3. The van der Waals surface area contributed by atoms with Crippen LogP contribution in [0.5, 0.6) is 0 Å². The summed E-state index contributed by atoms with van der Waals surface area (Å²) in [6.45, 7) is 5.27. The van der Waals surface area contributed by atoms with Gasteiger partial charge in [0.25, 0.3) is 0 Å². The second-order valence-electron chi connectivity index (χ2n) is 16.2. The number of rotatable bonds is 7. The number of hydrogen-bond donors (Lipinski definition) is 0. The van der Waals surface area contributed by atoms with Crippen LogP contribution in [-0.4, -0.2) is 6.54 Å². The molecule has 0 saturated carbocycles. The van der Waals surface area contributed by atoms with Crippen molar-refractivity contribution in [3.8, 4) is 33.4 Å². The Kier molecular flexibility index (Phi) is 9.80. The molecule has 1 heterocycles. The summed E-state index contributed by atoms with van der Waals surface area (Å²) < 4.78 is 0. The van der Waals surface area contributed by atoms with Crippen LogP contribution in [0.3, 0.4) is 0 Å². The van der Waals surface area contributed by atoms with Gasteiger partial charge in [-0.25, -0.2) is 0 Å². The largest absolute Gasteiger partial charge is 0.337 e. The van der Waals surface area contributed by atoms with Crippen LogP contribution in [0.2, 0.25) is 0 Å². The van der Waals surface area contributed by atoms with Crippen molar-refractivity contribution in [1.29, 1.82) is 0 Å². The average molecular weight is 805 g/mol. The van der Waals surface area contributed by atoms with Crippen molar-refractivity contribution in [2.45, 2.75) is 0 Å². The van der Waals surface area contributed by atoms with Gasteiger partial charge in [-0.1, -0.05) is 183 Å². The van der Waals surface area contributed by atoms with Gasteiger partial charge in [-0.05, 0) is 138 Å². The molecular formula is C61H44N2. The molecule has 0 atom stereocenters. The van der Waals surface area contributed by atoms with Gasteiger partial charge in [0.2, 0.25) is 0 Å². The first-order chi connectivity index (χ1) is 31.2. The lowest BCUT2D eigenvalue weighted by atomic mass is 9.92. The Bertz CT molecular complexity index is 3310. The summed E-state index contributed by atoms with van der Waals surface area (Å²) in [6.07, 6.45) is 8.49. The number of hydrogen-bond acceptors (Lipinski definition) is 2. The van der Waals surface area contributed by atoms with E-state index in [0.29, 0.717) is 0 Å². The quantitative estimate of drug-likeness (QED) is 0.148. The fourth-order valence-electron chi connectivity index (χ4n) is 9.24. The van der Waals surface area contributed by atoms with Crippen LogP contribution in [0.4, 0.5) is 28.4 Å². The zero-order valence-electron chi connectivity index (χ0n) is 34.9. The zero-order chi connectivity index (χ0) is 42.1. The predicted molar refractivity (Wildman–Crippen MR) is 271 cm³/mol. The van der Waals surface area contributed by atoms with Crippen molar-refractivity contribution >= 4 is 66.3 Å². The minimum atomic E-state index is 0.767. The van der Waals surface area contributed by atoms with E-state index in [9.17, 15) is 0 Å². The van der Waals surface area contributed by atoms with Crippen LogP contribution in [-0.2, 0) is 0 Å². The lowest BCUT2D eigenvalue weighted by Crippen LogP contribution is -2.18. The van der Waals surface area contributed by atoms with Gasteiger partial charge in [0.1, 0.15) is 0 Å². The molecule has 0 spiro atoms. The maximum Gasteiger partial charge on any atom is 0.0493 e. The molecule has 2 heteroatoms. The highest BCUT2D eigenvalue weighted by Gasteiger charge is 2.18. The Hall–Kier alpha value is -8.20. The molecule has 0 fully saturated rings. The summed E-state index contributed by atoms with van der Waals surface area (Å²) in [6, 6.07) is 79.3. The van der Waals surface area contributed by atoms with Gasteiger partial charge in [-0.3, -0.25) is 0 Å². The Balaban J connectivity index is 0.963. The topological polar surface area (TPSA) is 6.48 Å².